The van der Waals surface area contributed by atoms with Gasteiger partial charge in [-0.15, -0.1) is 0 Å². The molecule has 1 aromatic carbocycles. The predicted molar refractivity (Wildman–Crippen MR) is 109 cm³/mol. The lowest BCUT2D eigenvalue weighted by atomic mass is 10.0. The van der Waals surface area contributed by atoms with Crippen LogP contribution in [0.2, 0.25) is 0 Å². The largest absolute Gasteiger partial charge is 0.383 e. The first-order valence-corrected chi connectivity index (χ1v) is 9.62. The molecule has 1 heterocycles. The summed E-state index contributed by atoms with van der Waals surface area (Å²) in [4.78, 5) is 9.16. The molecule has 0 saturated carbocycles. The van der Waals surface area contributed by atoms with Crippen LogP contribution in [0, 0.1) is 0 Å². The number of nitrogens with one attached hydrogen (secondary N) is 2. The second-order valence-corrected chi connectivity index (χ2v) is 6.98. The van der Waals surface area contributed by atoms with Gasteiger partial charge in [0, 0.05) is 59.5 Å². The Labute approximate surface area is 158 Å². The summed E-state index contributed by atoms with van der Waals surface area (Å²) in [5.74, 6) is 0.909. The minimum Gasteiger partial charge on any atom is -0.383 e. The Morgan fingerprint density at radius 3 is 2.62 bits per heavy atom. The van der Waals surface area contributed by atoms with Crippen molar-refractivity contribution in [2.75, 3.05) is 60.5 Å². The first-order valence-electron chi connectivity index (χ1n) is 9.62. The van der Waals surface area contributed by atoms with Gasteiger partial charge in [-0.2, -0.15) is 0 Å². The van der Waals surface area contributed by atoms with E-state index in [0.717, 1.165) is 64.7 Å². The molecule has 6 nitrogen and oxygen atoms in total. The van der Waals surface area contributed by atoms with Crippen molar-refractivity contribution in [3.05, 3.63) is 35.9 Å². The molecule has 0 aliphatic carbocycles. The van der Waals surface area contributed by atoms with Crippen molar-refractivity contribution in [3.63, 3.8) is 0 Å². The molecule has 0 atom stereocenters. The SMILES string of the molecule is CN=C(NCCN(C)CCOC)NC1CCN(Cc2ccccc2)CC1. The molecule has 0 bridgehead atoms. The monoisotopic (exact) mass is 361 g/mol. The van der Waals surface area contributed by atoms with Gasteiger partial charge in [0.2, 0.25) is 0 Å². The summed E-state index contributed by atoms with van der Waals surface area (Å²) in [5.41, 5.74) is 1.40. The highest BCUT2D eigenvalue weighted by molar-refractivity contribution is 5.79. The number of hydrogen-bond acceptors (Lipinski definition) is 4. The number of hydrogen-bond donors (Lipinski definition) is 2. The van der Waals surface area contributed by atoms with Gasteiger partial charge in [0.25, 0.3) is 0 Å². The number of benzene rings is 1. The molecule has 0 spiro atoms. The van der Waals surface area contributed by atoms with E-state index in [-0.39, 0.29) is 0 Å². The van der Waals surface area contributed by atoms with Crippen molar-refractivity contribution in [3.8, 4) is 0 Å². The molecule has 2 rings (SSSR count). The van der Waals surface area contributed by atoms with E-state index in [0.29, 0.717) is 6.04 Å². The highest BCUT2D eigenvalue weighted by Crippen LogP contribution is 2.13. The summed E-state index contributed by atoms with van der Waals surface area (Å²) in [6.07, 6.45) is 2.31. The first kappa shape index (κ1) is 20.7. The van der Waals surface area contributed by atoms with Gasteiger partial charge in [0.1, 0.15) is 0 Å². The molecule has 1 fully saturated rings. The lowest BCUT2D eigenvalue weighted by molar-refractivity contribution is 0.162. The molecular formula is C20H35N5O. The highest BCUT2D eigenvalue weighted by Gasteiger charge is 2.19. The fraction of sp³-hybridized carbons (Fsp3) is 0.650. The number of likely N-dealkylation sites (N-methyl/N-ethyl adjacent to an activating group) is 1. The van der Waals surface area contributed by atoms with Gasteiger partial charge in [0.15, 0.2) is 5.96 Å². The van der Waals surface area contributed by atoms with E-state index in [9.17, 15) is 0 Å². The average Bonchev–Trinajstić information content (AvgIpc) is 2.67. The maximum absolute atomic E-state index is 5.11. The Morgan fingerprint density at radius 2 is 1.96 bits per heavy atom. The summed E-state index contributed by atoms with van der Waals surface area (Å²) in [5, 5.41) is 6.99. The van der Waals surface area contributed by atoms with Crippen molar-refractivity contribution in [1.29, 1.82) is 0 Å². The number of piperidine rings is 1. The lowest BCUT2D eigenvalue weighted by Gasteiger charge is -2.33. The van der Waals surface area contributed by atoms with E-state index in [1.807, 2.05) is 7.05 Å². The summed E-state index contributed by atoms with van der Waals surface area (Å²) in [7, 11) is 5.69. The molecule has 0 unspecified atom stereocenters. The molecular weight excluding hydrogens is 326 g/mol. The maximum Gasteiger partial charge on any atom is 0.191 e. The Kier molecular flexibility index (Phi) is 9.45. The van der Waals surface area contributed by atoms with E-state index in [1.54, 1.807) is 7.11 Å². The fourth-order valence-electron chi connectivity index (χ4n) is 3.19. The van der Waals surface area contributed by atoms with Crippen molar-refractivity contribution < 1.29 is 4.74 Å². The number of rotatable bonds is 9. The van der Waals surface area contributed by atoms with Gasteiger partial charge in [-0.3, -0.25) is 9.89 Å². The summed E-state index contributed by atoms with van der Waals surface area (Å²) >= 11 is 0. The van der Waals surface area contributed by atoms with Crippen molar-refractivity contribution in [2.24, 2.45) is 4.99 Å². The van der Waals surface area contributed by atoms with Gasteiger partial charge in [-0.05, 0) is 25.5 Å². The number of aliphatic imine (C=N–C) groups is 1. The number of guanidine groups is 1. The third-order valence-electron chi connectivity index (χ3n) is 4.86. The quantitative estimate of drug-likeness (QED) is 0.514. The zero-order valence-electron chi connectivity index (χ0n) is 16.6. The van der Waals surface area contributed by atoms with Crippen molar-refractivity contribution in [1.82, 2.24) is 20.4 Å². The molecule has 6 heteroatoms. The van der Waals surface area contributed by atoms with Crippen LogP contribution >= 0.6 is 0 Å². The summed E-state index contributed by atoms with van der Waals surface area (Å²) in [6, 6.07) is 11.2. The standard InChI is InChI=1S/C20H35N5O/c1-21-20(22-11-14-24(2)15-16-26-3)23-19-9-12-25(13-10-19)17-18-7-5-4-6-8-18/h4-8,19H,9-17H2,1-3H3,(H2,21,22,23). The molecule has 0 aromatic heterocycles. The summed E-state index contributed by atoms with van der Waals surface area (Å²) in [6.45, 7) is 6.88. The molecule has 1 aliphatic rings. The third-order valence-corrected chi connectivity index (χ3v) is 4.86. The number of methoxy groups -OCH3 is 1. The van der Waals surface area contributed by atoms with Crippen molar-refractivity contribution >= 4 is 5.96 Å². The molecule has 26 heavy (non-hydrogen) atoms. The Balaban J connectivity index is 1.63. The van der Waals surface area contributed by atoms with Gasteiger partial charge in [-0.1, -0.05) is 30.3 Å². The zero-order valence-corrected chi connectivity index (χ0v) is 16.6. The number of likely N-dealkylation sites (tertiary alicyclic amines) is 1. The molecule has 0 radical (unpaired) electrons. The Hall–Kier alpha value is -1.63. The van der Waals surface area contributed by atoms with E-state index < -0.39 is 0 Å². The second-order valence-electron chi connectivity index (χ2n) is 6.98. The zero-order chi connectivity index (χ0) is 18.6. The molecule has 2 N–H and O–H groups in total. The van der Waals surface area contributed by atoms with E-state index in [2.05, 4.69) is 62.8 Å². The van der Waals surface area contributed by atoms with Crippen LogP contribution in [-0.4, -0.2) is 82.3 Å². The highest BCUT2D eigenvalue weighted by atomic mass is 16.5. The van der Waals surface area contributed by atoms with Crippen LogP contribution in [0.5, 0.6) is 0 Å². The second kappa shape index (κ2) is 11.9. The van der Waals surface area contributed by atoms with E-state index in [4.69, 9.17) is 4.74 Å². The summed E-state index contributed by atoms with van der Waals surface area (Å²) < 4.78 is 5.11. The predicted octanol–water partition coefficient (Wildman–Crippen LogP) is 1.39. The van der Waals surface area contributed by atoms with Crippen LogP contribution in [0.15, 0.2) is 35.3 Å². The van der Waals surface area contributed by atoms with Crippen LogP contribution in [0.1, 0.15) is 18.4 Å². The molecule has 1 aromatic rings. The topological polar surface area (TPSA) is 52.1 Å². The molecule has 146 valence electrons. The van der Waals surface area contributed by atoms with Crippen LogP contribution in [0.25, 0.3) is 0 Å². The molecule has 0 amide bonds. The number of ether oxygens (including phenoxy) is 1. The Bertz CT molecular complexity index is 514. The van der Waals surface area contributed by atoms with Gasteiger partial charge in [-0.25, -0.2) is 0 Å². The van der Waals surface area contributed by atoms with Crippen LogP contribution < -0.4 is 10.6 Å². The minimum absolute atomic E-state index is 0.499. The van der Waals surface area contributed by atoms with Crippen LogP contribution in [-0.2, 0) is 11.3 Å². The third kappa shape index (κ3) is 7.72. The average molecular weight is 362 g/mol. The van der Waals surface area contributed by atoms with E-state index >= 15 is 0 Å². The smallest absolute Gasteiger partial charge is 0.191 e. The molecule has 1 saturated heterocycles. The van der Waals surface area contributed by atoms with Gasteiger partial charge < -0.3 is 20.3 Å². The van der Waals surface area contributed by atoms with E-state index in [1.165, 1.54) is 5.56 Å². The van der Waals surface area contributed by atoms with Gasteiger partial charge in [0.05, 0.1) is 6.61 Å². The normalized spacial score (nSPS) is 16.8. The lowest BCUT2D eigenvalue weighted by Crippen LogP contribution is -2.49. The maximum atomic E-state index is 5.11. The number of nitrogens with zero attached hydrogens (tertiary/aromatic N) is 3. The minimum atomic E-state index is 0.499. The molecule has 1 aliphatic heterocycles. The van der Waals surface area contributed by atoms with Gasteiger partial charge >= 0.3 is 0 Å². The Morgan fingerprint density at radius 1 is 1.23 bits per heavy atom. The van der Waals surface area contributed by atoms with Crippen molar-refractivity contribution in [2.45, 2.75) is 25.4 Å². The fourth-order valence-corrected chi connectivity index (χ4v) is 3.19. The van der Waals surface area contributed by atoms with Crippen LogP contribution in [0.3, 0.4) is 0 Å². The first-order chi connectivity index (χ1) is 12.7. The van der Waals surface area contributed by atoms with Crippen LogP contribution in [0.4, 0.5) is 0 Å².